The highest BCUT2D eigenvalue weighted by atomic mass is 31.0. The van der Waals surface area contributed by atoms with E-state index in [0.717, 1.165) is 17.0 Å². The first kappa shape index (κ1) is 12.2. The fourth-order valence-electron chi connectivity index (χ4n) is 1.31. The van der Waals surface area contributed by atoms with Crippen molar-refractivity contribution in [2.75, 3.05) is 18.1 Å². The van der Waals surface area contributed by atoms with Crippen LogP contribution in [-0.4, -0.2) is 20.1 Å². The largest absolute Gasteiger partial charge is 0.493 e. The van der Waals surface area contributed by atoms with Gasteiger partial charge in [0.15, 0.2) is 7.85 Å². The van der Waals surface area contributed by atoms with Crippen LogP contribution in [0.3, 0.4) is 0 Å². The van der Waals surface area contributed by atoms with Gasteiger partial charge in [0.25, 0.3) is 0 Å². The van der Waals surface area contributed by atoms with Crippen molar-refractivity contribution in [3.63, 3.8) is 0 Å². The van der Waals surface area contributed by atoms with Crippen LogP contribution in [0, 0.1) is 6.92 Å². The van der Waals surface area contributed by atoms with Gasteiger partial charge in [-0.3, -0.25) is 0 Å². The number of aryl methyl sites for hydroxylation is 1. The van der Waals surface area contributed by atoms with Gasteiger partial charge in [0.2, 0.25) is 0 Å². The van der Waals surface area contributed by atoms with Crippen LogP contribution in [0.2, 0.25) is 0 Å². The second-order valence-electron chi connectivity index (χ2n) is 4.16. The molecule has 0 heterocycles. The second-order valence-corrected chi connectivity index (χ2v) is 5.55. The van der Waals surface area contributed by atoms with E-state index in [4.69, 9.17) is 10.5 Å². The first-order chi connectivity index (χ1) is 6.83. The molecule has 0 aliphatic heterocycles. The highest BCUT2D eigenvalue weighted by Crippen LogP contribution is 2.31. The average molecular weight is 224 g/mol. The lowest BCUT2D eigenvalue weighted by Gasteiger charge is -2.23. The second kappa shape index (κ2) is 4.32. The summed E-state index contributed by atoms with van der Waals surface area (Å²) in [6, 6.07) is 3.84. The molecule has 0 amide bonds. The van der Waals surface area contributed by atoms with E-state index in [2.05, 4.69) is 14.6 Å². The standard InChI is InChI=1S/C10H18BN2OP/c1-6-4-8(13-3)7(12)5-9(6)14-10(2,11)15/h4-5,13H,11-12,15H2,1-3H3. The Morgan fingerprint density at radius 3 is 2.60 bits per heavy atom. The molecular formula is C10H18BN2OP. The molecule has 2 unspecified atom stereocenters. The summed E-state index contributed by atoms with van der Waals surface area (Å²) >= 11 is 0. The molecule has 2 atom stereocenters. The highest BCUT2D eigenvalue weighted by molar-refractivity contribution is 7.21. The van der Waals surface area contributed by atoms with Crippen LogP contribution in [0.15, 0.2) is 12.1 Å². The number of nitrogen functional groups attached to an aromatic ring is 1. The van der Waals surface area contributed by atoms with Crippen LogP contribution >= 0.6 is 9.24 Å². The number of nitrogens with two attached hydrogens (primary N) is 1. The third-order valence-corrected chi connectivity index (χ3v) is 2.11. The Morgan fingerprint density at radius 1 is 1.53 bits per heavy atom. The fourth-order valence-corrected chi connectivity index (χ4v) is 1.44. The quantitative estimate of drug-likeness (QED) is 0.460. The lowest BCUT2D eigenvalue weighted by Crippen LogP contribution is -2.24. The van der Waals surface area contributed by atoms with E-state index in [1.165, 1.54) is 0 Å². The zero-order chi connectivity index (χ0) is 11.6. The Kier molecular flexibility index (Phi) is 3.51. The third-order valence-electron chi connectivity index (χ3n) is 1.99. The van der Waals surface area contributed by atoms with Gasteiger partial charge in [-0.15, -0.1) is 9.24 Å². The van der Waals surface area contributed by atoms with Crippen molar-refractivity contribution in [1.82, 2.24) is 0 Å². The van der Waals surface area contributed by atoms with Crippen molar-refractivity contribution < 1.29 is 4.74 Å². The van der Waals surface area contributed by atoms with Gasteiger partial charge in [-0.2, -0.15) is 0 Å². The van der Waals surface area contributed by atoms with Crippen LogP contribution < -0.4 is 15.8 Å². The predicted octanol–water partition coefficient (Wildman–Crippen LogP) is 1.18. The lowest BCUT2D eigenvalue weighted by atomic mass is 10.0. The minimum Gasteiger partial charge on any atom is -0.493 e. The maximum absolute atomic E-state index is 5.87. The Labute approximate surface area is 94.4 Å². The predicted molar refractivity (Wildman–Crippen MR) is 72.4 cm³/mol. The van der Waals surface area contributed by atoms with Crippen molar-refractivity contribution >= 4 is 28.5 Å². The minimum atomic E-state index is -0.279. The molecule has 1 rings (SSSR count). The van der Waals surface area contributed by atoms with E-state index in [9.17, 15) is 0 Å². The molecule has 0 aliphatic carbocycles. The number of benzene rings is 1. The monoisotopic (exact) mass is 224 g/mol. The Morgan fingerprint density at radius 2 is 2.13 bits per heavy atom. The number of ether oxygens (including phenoxy) is 1. The molecule has 0 aromatic heterocycles. The fraction of sp³-hybridized carbons (Fsp3) is 0.400. The van der Waals surface area contributed by atoms with Gasteiger partial charge in [-0.1, -0.05) is 0 Å². The van der Waals surface area contributed by atoms with Crippen molar-refractivity contribution in [3.8, 4) is 5.75 Å². The lowest BCUT2D eigenvalue weighted by molar-refractivity contribution is 0.266. The average Bonchev–Trinajstić information content (AvgIpc) is 2.08. The zero-order valence-electron chi connectivity index (χ0n) is 9.72. The summed E-state index contributed by atoms with van der Waals surface area (Å²) in [5.41, 5.74) is 8.58. The molecule has 15 heavy (non-hydrogen) atoms. The van der Waals surface area contributed by atoms with Gasteiger partial charge in [0, 0.05) is 13.1 Å². The molecule has 3 N–H and O–H groups in total. The summed E-state index contributed by atoms with van der Waals surface area (Å²) in [6.45, 7) is 3.99. The SMILES string of the molecule is BC(C)(P)Oc1cc(N)c(NC)cc1C. The van der Waals surface area contributed by atoms with E-state index < -0.39 is 0 Å². The van der Waals surface area contributed by atoms with Gasteiger partial charge >= 0.3 is 0 Å². The van der Waals surface area contributed by atoms with Crippen LogP contribution in [0.4, 0.5) is 11.4 Å². The Bertz CT molecular complexity index is 363. The minimum absolute atomic E-state index is 0.279. The van der Waals surface area contributed by atoms with Crippen LogP contribution in [0.5, 0.6) is 5.75 Å². The highest BCUT2D eigenvalue weighted by Gasteiger charge is 2.14. The first-order valence-corrected chi connectivity index (χ1v) is 5.47. The number of hydrogen-bond acceptors (Lipinski definition) is 3. The van der Waals surface area contributed by atoms with Crippen molar-refractivity contribution in [3.05, 3.63) is 17.7 Å². The maximum Gasteiger partial charge on any atom is 0.163 e. The maximum atomic E-state index is 5.87. The van der Waals surface area contributed by atoms with Gasteiger partial charge in [0.1, 0.15) is 5.75 Å². The molecule has 0 aliphatic rings. The Hall–Kier alpha value is -0.885. The smallest absolute Gasteiger partial charge is 0.163 e. The normalized spacial score (nSPS) is 14.4. The van der Waals surface area contributed by atoms with Crippen molar-refractivity contribution in [1.29, 1.82) is 0 Å². The molecule has 1 aromatic carbocycles. The van der Waals surface area contributed by atoms with Gasteiger partial charge in [-0.05, 0) is 25.5 Å². The number of nitrogens with one attached hydrogen (secondary N) is 1. The summed E-state index contributed by atoms with van der Waals surface area (Å²) in [7, 11) is 6.49. The van der Waals surface area contributed by atoms with E-state index in [1.807, 2.05) is 40.9 Å². The summed E-state index contributed by atoms with van der Waals surface area (Å²) < 4.78 is 5.77. The molecular weight excluding hydrogens is 206 g/mol. The van der Waals surface area contributed by atoms with Gasteiger partial charge in [0.05, 0.1) is 16.6 Å². The number of anilines is 2. The van der Waals surface area contributed by atoms with Gasteiger partial charge < -0.3 is 15.8 Å². The van der Waals surface area contributed by atoms with E-state index in [-0.39, 0.29) is 5.24 Å². The molecule has 5 heteroatoms. The van der Waals surface area contributed by atoms with E-state index in [1.54, 1.807) is 0 Å². The topological polar surface area (TPSA) is 47.3 Å². The summed E-state index contributed by atoms with van der Waals surface area (Å²) in [5, 5.41) is 2.76. The van der Waals surface area contributed by atoms with Gasteiger partial charge in [-0.25, -0.2) is 0 Å². The van der Waals surface area contributed by atoms with Crippen molar-refractivity contribution in [2.24, 2.45) is 0 Å². The van der Waals surface area contributed by atoms with E-state index in [0.29, 0.717) is 5.69 Å². The number of hydrogen-bond donors (Lipinski definition) is 2. The van der Waals surface area contributed by atoms with Crippen LogP contribution in [0.25, 0.3) is 0 Å². The first-order valence-electron chi connectivity index (χ1n) is 4.89. The summed E-state index contributed by atoms with van der Waals surface area (Å²) in [6.07, 6.45) is 0. The van der Waals surface area contributed by atoms with E-state index >= 15 is 0 Å². The molecule has 0 fully saturated rings. The molecule has 0 spiro atoms. The zero-order valence-corrected chi connectivity index (χ0v) is 10.9. The molecule has 0 saturated heterocycles. The summed E-state index contributed by atoms with van der Waals surface area (Å²) in [4.78, 5) is 0. The van der Waals surface area contributed by atoms with Crippen LogP contribution in [-0.2, 0) is 0 Å². The Balaban J connectivity index is 3.05. The summed E-state index contributed by atoms with van der Waals surface area (Å²) in [5.74, 6) is 0.825. The number of rotatable bonds is 3. The molecule has 0 saturated carbocycles. The molecule has 0 bridgehead atoms. The molecule has 82 valence electrons. The van der Waals surface area contributed by atoms with Crippen LogP contribution in [0.1, 0.15) is 12.5 Å². The molecule has 3 nitrogen and oxygen atoms in total. The van der Waals surface area contributed by atoms with Crippen molar-refractivity contribution in [2.45, 2.75) is 19.1 Å². The molecule has 0 radical (unpaired) electrons. The third kappa shape index (κ3) is 3.31. The molecule has 1 aromatic rings.